The van der Waals surface area contributed by atoms with Crippen molar-refractivity contribution in [3.63, 3.8) is 0 Å². The second-order valence-corrected chi connectivity index (χ2v) is 3.82. The number of hydrogen-bond donors (Lipinski definition) is 0. The van der Waals surface area contributed by atoms with Gasteiger partial charge in [-0.15, -0.1) is 5.10 Å². The van der Waals surface area contributed by atoms with Crippen molar-refractivity contribution in [1.82, 2.24) is 19.9 Å². The normalized spacial score (nSPS) is 12.1. The van der Waals surface area contributed by atoms with Crippen LogP contribution in [0, 0.1) is 0 Å². The maximum Gasteiger partial charge on any atom is 0.435 e. The lowest BCUT2D eigenvalue weighted by molar-refractivity contribution is -0.144. The van der Waals surface area contributed by atoms with Crippen molar-refractivity contribution in [2.75, 3.05) is 20.6 Å². The molecule has 0 unspecified atom stereocenters. The Balaban J connectivity index is 2.85. The number of aldehydes is 1. The van der Waals surface area contributed by atoms with Gasteiger partial charge in [-0.25, -0.2) is 4.68 Å². The predicted octanol–water partition coefficient (Wildman–Crippen LogP) is 1.06. The van der Waals surface area contributed by atoms with E-state index in [0.717, 1.165) is 4.68 Å². The summed E-state index contributed by atoms with van der Waals surface area (Å²) in [5.74, 6) is 0. The fourth-order valence-corrected chi connectivity index (χ4v) is 1.39. The predicted molar refractivity (Wildman–Crippen MR) is 53.6 cm³/mol. The van der Waals surface area contributed by atoms with Gasteiger partial charge in [0.25, 0.3) is 0 Å². The highest BCUT2D eigenvalue weighted by Crippen LogP contribution is 2.30. The van der Waals surface area contributed by atoms with Crippen LogP contribution < -0.4 is 0 Å². The van der Waals surface area contributed by atoms with E-state index in [4.69, 9.17) is 0 Å². The van der Waals surface area contributed by atoms with E-state index in [2.05, 4.69) is 10.3 Å². The molecule has 0 aliphatic carbocycles. The summed E-state index contributed by atoms with van der Waals surface area (Å²) in [7, 11) is 3.64. The fraction of sp³-hybridized carbons (Fsp3) is 0.667. The van der Waals surface area contributed by atoms with Crippen molar-refractivity contribution >= 4 is 6.29 Å². The van der Waals surface area contributed by atoms with Crippen LogP contribution in [0.3, 0.4) is 0 Å². The topological polar surface area (TPSA) is 51.0 Å². The molecule has 0 spiro atoms. The van der Waals surface area contributed by atoms with Gasteiger partial charge in [0.2, 0.25) is 0 Å². The molecule has 0 aliphatic heterocycles. The average molecular weight is 250 g/mol. The van der Waals surface area contributed by atoms with E-state index in [0.29, 0.717) is 13.0 Å². The van der Waals surface area contributed by atoms with Crippen LogP contribution in [0.15, 0.2) is 0 Å². The van der Waals surface area contributed by atoms with Gasteiger partial charge in [-0.3, -0.25) is 4.79 Å². The van der Waals surface area contributed by atoms with Crippen LogP contribution >= 0.6 is 0 Å². The zero-order valence-electron chi connectivity index (χ0n) is 9.53. The van der Waals surface area contributed by atoms with Gasteiger partial charge in [-0.1, -0.05) is 5.21 Å². The Morgan fingerprint density at radius 3 is 2.53 bits per heavy atom. The van der Waals surface area contributed by atoms with E-state index in [9.17, 15) is 18.0 Å². The molecule has 0 radical (unpaired) electrons. The molecule has 17 heavy (non-hydrogen) atoms. The van der Waals surface area contributed by atoms with Gasteiger partial charge in [0, 0.05) is 6.54 Å². The monoisotopic (exact) mass is 250 g/mol. The van der Waals surface area contributed by atoms with Crippen LogP contribution in [-0.4, -0.2) is 46.8 Å². The Hall–Kier alpha value is -1.44. The molecular weight excluding hydrogens is 237 g/mol. The van der Waals surface area contributed by atoms with Crippen LogP contribution in [0.25, 0.3) is 0 Å². The number of aromatic nitrogens is 3. The average Bonchev–Trinajstić information content (AvgIpc) is 2.59. The maximum absolute atomic E-state index is 12.6. The molecule has 1 heterocycles. The lowest BCUT2D eigenvalue weighted by Gasteiger charge is -2.11. The van der Waals surface area contributed by atoms with Crippen molar-refractivity contribution in [2.24, 2.45) is 0 Å². The van der Waals surface area contributed by atoms with E-state index >= 15 is 0 Å². The standard InChI is InChI=1S/C9H13F3N4O/c1-15(2)4-3-5-16-8(9(10,11)12)7(6-17)13-14-16/h6H,3-5H2,1-2H3. The largest absolute Gasteiger partial charge is 0.435 e. The van der Waals surface area contributed by atoms with Crippen molar-refractivity contribution in [3.05, 3.63) is 11.4 Å². The molecule has 0 aliphatic rings. The minimum Gasteiger partial charge on any atom is -0.309 e. The molecule has 0 aromatic carbocycles. The number of carbonyl (C=O) groups is 1. The molecule has 0 saturated heterocycles. The number of hydrogen-bond acceptors (Lipinski definition) is 4. The summed E-state index contributed by atoms with van der Waals surface area (Å²) in [6, 6.07) is 0. The third-order valence-electron chi connectivity index (χ3n) is 2.12. The summed E-state index contributed by atoms with van der Waals surface area (Å²) in [6.07, 6.45) is -4.05. The molecule has 1 aromatic heterocycles. The second kappa shape index (κ2) is 5.26. The van der Waals surface area contributed by atoms with Crippen LogP contribution in [0.1, 0.15) is 22.6 Å². The highest BCUT2D eigenvalue weighted by Gasteiger charge is 2.39. The Morgan fingerprint density at radius 1 is 1.41 bits per heavy atom. The molecule has 5 nitrogen and oxygen atoms in total. The quantitative estimate of drug-likeness (QED) is 0.733. The SMILES string of the molecule is CN(C)CCCn1nnc(C=O)c1C(F)(F)F. The molecule has 0 bridgehead atoms. The van der Waals surface area contributed by atoms with Crippen molar-refractivity contribution < 1.29 is 18.0 Å². The Morgan fingerprint density at radius 2 is 2.06 bits per heavy atom. The second-order valence-electron chi connectivity index (χ2n) is 3.82. The zero-order valence-corrected chi connectivity index (χ0v) is 9.53. The fourth-order valence-electron chi connectivity index (χ4n) is 1.39. The molecular formula is C9H13F3N4O. The van der Waals surface area contributed by atoms with Crippen molar-refractivity contribution in [1.29, 1.82) is 0 Å². The Bertz CT molecular complexity index is 386. The van der Waals surface area contributed by atoms with Crippen LogP contribution in [-0.2, 0) is 12.7 Å². The van der Waals surface area contributed by atoms with Crippen LogP contribution in [0.2, 0.25) is 0 Å². The van der Waals surface area contributed by atoms with Crippen LogP contribution in [0.4, 0.5) is 13.2 Å². The van der Waals surface area contributed by atoms with E-state index in [1.54, 1.807) is 0 Å². The van der Waals surface area contributed by atoms with Crippen molar-refractivity contribution in [2.45, 2.75) is 19.1 Å². The minimum absolute atomic E-state index is 0.0677. The number of nitrogens with zero attached hydrogens (tertiary/aromatic N) is 4. The summed E-state index contributed by atoms with van der Waals surface area (Å²) in [6.45, 7) is 0.710. The van der Waals surface area contributed by atoms with Gasteiger partial charge in [0.1, 0.15) is 0 Å². The first-order chi connectivity index (χ1) is 7.86. The number of aryl methyl sites for hydroxylation is 1. The third-order valence-corrected chi connectivity index (χ3v) is 2.12. The first kappa shape index (κ1) is 13.6. The van der Waals surface area contributed by atoms with Gasteiger partial charge >= 0.3 is 6.18 Å². The molecule has 1 aromatic rings. The summed E-state index contributed by atoms with van der Waals surface area (Å²) in [4.78, 5) is 12.3. The summed E-state index contributed by atoms with van der Waals surface area (Å²) < 4.78 is 38.7. The van der Waals surface area contributed by atoms with E-state index < -0.39 is 17.6 Å². The minimum atomic E-state index is -4.61. The molecule has 0 saturated carbocycles. The molecule has 0 amide bonds. The van der Waals surface area contributed by atoms with Gasteiger partial charge in [0.05, 0.1) is 0 Å². The Kier molecular flexibility index (Phi) is 4.22. The number of halogens is 3. The number of rotatable bonds is 5. The first-order valence-electron chi connectivity index (χ1n) is 4.97. The Labute approximate surface area is 96.2 Å². The van der Waals surface area contributed by atoms with E-state index in [1.807, 2.05) is 19.0 Å². The van der Waals surface area contributed by atoms with Crippen LogP contribution in [0.5, 0.6) is 0 Å². The molecule has 1 rings (SSSR count). The highest BCUT2D eigenvalue weighted by atomic mass is 19.4. The highest BCUT2D eigenvalue weighted by molar-refractivity contribution is 5.73. The zero-order chi connectivity index (χ0) is 13.1. The third kappa shape index (κ3) is 3.52. The molecule has 0 atom stereocenters. The van der Waals surface area contributed by atoms with Gasteiger partial charge in [0.15, 0.2) is 17.7 Å². The molecule has 96 valence electrons. The molecule has 0 N–H and O–H groups in total. The molecule has 8 heteroatoms. The smallest absolute Gasteiger partial charge is 0.309 e. The lowest BCUT2D eigenvalue weighted by atomic mass is 10.3. The number of alkyl halides is 3. The van der Waals surface area contributed by atoms with Gasteiger partial charge in [-0.05, 0) is 27.1 Å². The first-order valence-corrected chi connectivity index (χ1v) is 4.97. The van der Waals surface area contributed by atoms with Crippen molar-refractivity contribution in [3.8, 4) is 0 Å². The van der Waals surface area contributed by atoms with Gasteiger partial charge in [-0.2, -0.15) is 13.2 Å². The van der Waals surface area contributed by atoms with Gasteiger partial charge < -0.3 is 4.90 Å². The summed E-state index contributed by atoms with van der Waals surface area (Å²) >= 11 is 0. The lowest BCUT2D eigenvalue weighted by Crippen LogP contribution is -2.20. The maximum atomic E-state index is 12.6. The van der Waals surface area contributed by atoms with E-state index in [-0.39, 0.29) is 12.8 Å². The molecule has 0 fully saturated rings. The van der Waals surface area contributed by atoms with E-state index in [1.165, 1.54) is 0 Å². The number of carbonyl (C=O) groups excluding carboxylic acids is 1. The summed E-state index contributed by atoms with van der Waals surface area (Å²) in [5, 5.41) is 6.56. The summed E-state index contributed by atoms with van der Waals surface area (Å²) in [5.41, 5.74) is -1.74.